The van der Waals surface area contributed by atoms with E-state index in [9.17, 15) is 4.79 Å². The Hall–Kier alpha value is -0.530. The molecular formula is C15H26O2. The number of fused-ring (bicyclic) bond motifs is 2. The number of ether oxygens (including phenoxy) is 1. The number of hydrogen-bond donors (Lipinski definition) is 0. The van der Waals surface area contributed by atoms with Gasteiger partial charge in [0.05, 0.1) is 0 Å². The summed E-state index contributed by atoms with van der Waals surface area (Å²) in [6.45, 7) is 11.1. The number of esters is 1. The molecule has 0 amide bonds. The van der Waals surface area contributed by atoms with Gasteiger partial charge in [-0.15, -0.1) is 0 Å². The summed E-state index contributed by atoms with van der Waals surface area (Å²) in [6, 6.07) is 0. The van der Waals surface area contributed by atoms with Crippen molar-refractivity contribution in [2.24, 2.45) is 22.7 Å². The molecule has 2 rings (SSSR count). The van der Waals surface area contributed by atoms with E-state index in [1.54, 1.807) is 0 Å². The maximum atomic E-state index is 11.8. The lowest BCUT2D eigenvalue weighted by Gasteiger charge is -2.38. The van der Waals surface area contributed by atoms with Crippen LogP contribution in [-0.4, -0.2) is 12.1 Å². The van der Waals surface area contributed by atoms with Crippen molar-refractivity contribution < 1.29 is 9.53 Å². The van der Waals surface area contributed by atoms with Gasteiger partial charge in [-0.2, -0.15) is 0 Å². The Morgan fingerprint density at radius 3 is 2.41 bits per heavy atom. The van der Waals surface area contributed by atoms with Crippen LogP contribution in [0.3, 0.4) is 0 Å². The van der Waals surface area contributed by atoms with E-state index < -0.39 is 0 Å². The molecule has 0 spiro atoms. The van der Waals surface area contributed by atoms with Crippen molar-refractivity contribution in [2.75, 3.05) is 0 Å². The molecule has 2 saturated carbocycles. The second-order valence-electron chi connectivity index (χ2n) is 7.19. The fourth-order valence-corrected chi connectivity index (χ4v) is 3.85. The molecule has 0 aromatic heterocycles. The van der Waals surface area contributed by atoms with E-state index in [0.29, 0.717) is 17.8 Å². The zero-order chi connectivity index (χ0) is 12.8. The van der Waals surface area contributed by atoms with Crippen molar-refractivity contribution in [1.82, 2.24) is 0 Å². The zero-order valence-electron chi connectivity index (χ0n) is 11.9. The van der Waals surface area contributed by atoms with Crippen LogP contribution in [0.5, 0.6) is 0 Å². The summed E-state index contributed by atoms with van der Waals surface area (Å²) in [5.41, 5.74) is 0.528. The molecule has 0 saturated heterocycles. The Labute approximate surface area is 105 Å². The Morgan fingerprint density at radius 1 is 1.35 bits per heavy atom. The van der Waals surface area contributed by atoms with E-state index in [2.05, 4.69) is 34.6 Å². The highest BCUT2D eigenvalue weighted by molar-refractivity contribution is 5.70. The van der Waals surface area contributed by atoms with Crippen molar-refractivity contribution in [2.45, 2.75) is 66.4 Å². The third kappa shape index (κ3) is 1.90. The summed E-state index contributed by atoms with van der Waals surface area (Å²) in [7, 11) is 0. The zero-order valence-corrected chi connectivity index (χ0v) is 11.9. The molecule has 2 aliphatic carbocycles. The molecule has 3 atom stereocenters. The van der Waals surface area contributed by atoms with Crippen LogP contribution in [0.15, 0.2) is 0 Å². The SMILES string of the molecule is CC(C)CC(=O)O[C@H]1CC2CCC1(C)C2(C)C. The molecule has 2 fully saturated rings. The summed E-state index contributed by atoms with van der Waals surface area (Å²) in [5.74, 6) is 1.13. The normalized spacial score (nSPS) is 38.7. The van der Waals surface area contributed by atoms with Crippen LogP contribution in [0, 0.1) is 22.7 Å². The van der Waals surface area contributed by atoms with Crippen molar-refractivity contribution in [3.8, 4) is 0 Å². The number of hydrogen-bond acceptors (Lipinski definition) is 2. The van der Waals surface area contributed by atoms with Crippen molar-refractivity contribution >= 4 is 5.97 Å². The molecule has 0 N–H and O–H groups in total. The summed E-state index contributed by atoms with van der Waals surface area (Å²) < 4.78 is 5.76. The molecule has 0 heterocycles. The standard InChI is InChI=1S/C15H26O2/c1-10(2)8-13(16)17-12-9-11-6-7-15(12,5)14(11,3)4/h10-12H,6-9H2,1-5H3/t11?,12-,15?/m0/s1. The smallest absolute Gasteiger partial charge is 0.306 e. The van der Waals surface area contributed by atoms with Gasteiger partial charge < -0.3 is 4.74 Å². The molecule has 0 aliphatic heterocycles. The molecule has 2 aliphatic rings. The molecular weight excluding hydrogens is 212 g/mol. The average Bonchev–Trinajstić information content (AvgIpc) is 2.49. The van der Waals surface area contributed by atoms with E-state index in [1.165, 1.54) is 12.8 Å². The largest absolute Gasteiger partial charge is 0.462 e. The summed E-state index contributed by atoms with van der Waals surface area (Å²) in [6.07, 6.45) is 4.30. The van der Waals surface area contributed by atoms with Gasteiger partial charge in [-0.05, 0) is 36.5 Å². The predicted octanol–water partition coefficient (Wildman–Crippen LogP) is 3.79. The Kier molecular flexibility index (Phi) is 3.04. The Balaban J connectivity index is 2.03. The number of carbonyl (C=O) groups excluding carboxylic acids is 1. The molecule has 0 radical (unpaired) electrons. The van der Waals surface area contributed by atoms with Crippen LogP contribution in [0.2, 0.25) is 0 Å². The molecule has 2 nitrogen and oxygen atoms in total. The van der Waals surface area contributed by atoms with E-state index >= 15 is 0 Å². The lowest BCUT2D eigenvalue weighted by Crippen LogP contribution is -2.38. The first kappa shape index (κ1) is 12.9. The monoisotopic (exact) mass is 238 g/mol. The number of rotatable bonds is 3. The van der Waals surface area contributed by atoms with Gasteiger partial charge in [0.1, 0.15) is 6.10 Å². The first-order valence-corrected chi connectivity index (χ1v) is 6.97. The minimum Gasteiger partial charge on any atom is -0.462 e. The molecule has 17 heavy (non-hydrogen) atoms. The van der Waals surface area contributed by atoms with Gasteiger partial charge in [0.15, 0.2) is 0 Å². The van der Waals surface area contributed by atoms with E-state index in [-0.39, 0.29) is 17.5 Å². The second-order valence-corrected chi connectivity index (χ2v) is 7.19. The minimum atomic E-state index is -0.00502. The first-order valence-electron chi connectivity index (χ1n) is 6.97. The van der Waals surface area contributed by atoms with Gasteiger partial charge in [0.25, 0.3) is 0 Å². The lowest BCUT2D eigenvalue weighted by molar-refractivity contribution is -0.157. The molecule has 0 aromatic rings. The van der Waals surface area contributed by atoms with Crippen molar-refractivity contribution in [3.63, 3.8) is 0 Å². The van der Waals surface area contributed by atoms with Gasteiger partial charge in [-0.1, -0.05) is 34.6 Å². The van der Waals surface area contributed by atoms with Gasteiger partial charge in [-0.3, -0.25) is 4.79 Å². The van der Waals surface area contributed by atoms with Crippen molar-refractivity contribution in [3.05, 3.63) is 0 Å². The van der Waals surface area contributed by atoms with Crippen LogP contribution in [0.1, 0.15) is 60.3 Å². The maximum Gasteiger partial charge on any atom is 0.306 e. The van der Waals surface area contributed by atoms with E-state index in [0.717, 1.165) is 12.3 Å². The van der Waals surface area contributed by atoms with Crippen LogP contribution < -0.4 is 0 Å². The quantitative estimate of drug-likeness (QED) is 0.699. The Morgan fingerprint density at radius 2 is 2.00 bits per heavy atom. The van der Waals surface area contributed by atoms with E-state index in [4.69, 9.17) is 4.74 Å². The van der Waals surface area contributed by atoms with Crippen LogP contribution in [-0.2, 0) is 9.53 Å². The molecule has 0 aromatic carbocycles. The number of carbonyl (C=O) groups is 1. The van der Waals surface area contributed by atoms with Gasteiger partial charge >= 0.3 is 5.97 Å². The highest BCUT2D eigenvalue weighted by Crippen LogP contribution is 2.66. The Bertz CT molecular complexity index is 319. The first-order chi connectivity index (χ1) is 7.77. The van der Waals surface area contributed by atoms with Gasteiger partial charge in [-0.25, -0.2) is 0 Å². The second kappa shape index (κ2) is 4.00. The minimum absolute atomic E-state index is 0.00502. The molecule has 2 unspecified atom stereocenters. The van der Waals surface area contributed by atoms with Crippen LogP contribution >= 0.6 is 0 Å². The maximum absolute atomic E-state index is 11.8. The molecule has 98 valence electrons. The fraction of sp³-hybridized carbons (Fsp3) is 0.933. The summed E-state index contributed by atoms with van der Waals surface area (Å²) in [5, 5.41) is 0. The average molecular weight is 238 g/mol. The predicted molar refractivity (Wildman–Crippen MR) is 68.6 cm³/mol. The summed E-state index contributed by atoms with van der Waals surface area (Å²) >= 11 is 0. The third-order valence-electron chi connectivity index (χ3n) is 5.56. The van der Waals surface area contributed by atoms with Crippen LogP contribution in [0.4, 0.5) is 0 Å². The highest BCUT2D eigenvalue weighted by Gasteiger charge is 2.62. The van der Waals surface area contributed by atoms with Crippen molar-refractivity contribution in [1.29, 1.82) is 0 Å². The lowest BCUT2D eigenvalue weighted by atomic mass is 9.70. The topological polar surface area (TPSA) is 26.3 Å². The summed E-state index contributed by atoms with van der Waals surface area (Å²) in [4.78, 5) is 11.8. The third-order valence-corrected chi connectivity index (χ3v) is 5.56. The van der Waals surface area contributed by atoms with Gasteiger partial charge in [0.2, 0.25) is 0 Å². The highest BCUT2D eigenvalue weighted by atomic mass is 16.5. The van der Waals surface area contributed by atoms with Crippen LogP contribution in [0.25, 0.3) is 0 Å². The molecule has 2 heteroatoms. The fourth-order valence-electron chi connectivity index (χ4n) is 3.85. The molecule has 2 bridgehead atoms. The van der Waals surface area contributed by atoms with Gasteiger partial charge in [0, 0.05) is 11.8 Å². The van der Waals surface area contributed by atoms with E-state index in [1.807, 2.05) is 0 Å².